The normalized spacial score (nSPS) is 25.6. The lowest BCUT2D eigenvalue weighted by Gasteiger charge is -2.46. The Morgan fingerprint density at radius 3 is 2.53 bits per heavy atom. The van der Waals surface area contributed by atoms with Gasteiger partial charge in [0.1, 0.15) is 0 Å². The number of nitrogens with zero attached hydrogens (tertiary/aromatic N) is 1. The van der Waals surface area contributed by atoms with Crippen molar-refractivity contribution in [2.24, 2.45) is 0 Å². The second kappa shape index (κ2) is 5.82. The minimum absolute atomic E-state index is 0.0760. The highest BCUT2D eigenvalue weighted by atomic mass is 79.9. The molecule has 1 saturated carbocycles. The number of hydrogen-bond acceptors (Lipinski definition) is 4. The van der Waals surface area contributed by atoms with E-state index in [0.29, 0.717) is 0 Å². The van der Waals surface area contributed by atoms with E-state index in [1.807, 2.05) is 0 Å². The lowest BCUT2D eigenvalue weighted by atomic mass is 9.84. The monoisotopic (exact) mass is 345 g/mol. The van der Waals surface area contributed by atoms with Crippen LogP contribution in [0.25, 0.3) is 0 Å². The molecule has 1 aliphatic carbocycles. The molecule has 5 heteroatoms. The minimum atomic E-state index is -0.395. The SMILES string of the molecule is OC(c1cscc1Br)C1(N2CCOCC2)CCCC1. The van der Waals surface area contributed by atoms with Gasteiger partial charge in [-0.15, -0.1) is 0 Å². The fourth-order valence-corrected chi connectivity index (χ4v) is 5.07. The Hall–Kier alpha value is 0.0600. The molecule has 3 nitrogen and oxygen atoms in total. The van der Waals surface area contributed by atoms with E-state index in [0.717, 1.165) is 49.2 Å². The molecule has 0 spiro atoms. The molecule has 0 bridgehead atoms. The zero-order valence-electron chi connectivity index (χ0n) is 11.0. The van der Waals surface area contributed by atoms with Gasteiger partial charge in [-0.2, -0.15) is 11.3 Å². The second-order valence-electron chi connectivity index (χ2n) is 5.49. The first-order chi connectivity index (χ1) is 9.24. The molecule has 19 heavy (non-hydrogen) atoms. The first-order valence-corrected chi connectivity index (χ1v) is 8.70. The van der Waals surface area contributed by atoms with Gasteiger partial charge in [0.15, 0.2) is 0 Å². The number of rotatable bonds is 3. The molecule has 1 N–H and O–H groups in total. The lowest BCUT2D eigenvalue weighted by molar-refractivity contribution is -0.0775. The molecule has 2 aliphatic rings. The van der Waals surface area contributed by atoms with Crippen LogP contribution in [0, 0.1) is 0 Å². The Kier molecular flexibility index (Phi) is 4.29. The van der Waals surface area contributed by atoms with E-state index >= 15 is 0 Å². The molecule has 0 radical (unpaired) electrons. The number of ether oxygens (including phenoxy) is 1. The maximum absolute atomic E-state index is 11.0. The van der Waals surface area contributed by atoms with E-state index in [9.17, 15) is 5.11 Å². The van der Waals surface area contributed by atoms with E-state index in [1.54, 1.807) is 11.3 Å². The van der Waals surface area contributed by atoms with Gasteiger partial charge in [-0.1, -0.05) is 12.8 Å². The smallest absolute Gasteiger partial charge is 0.0992 e. The predicted molar refractivity (Wildman–Crippen MR) is 80.6 cm³/mol. The average molecular weight is 346 g/mol. The summed E-state index contributed by atoms with van der Waals surface area (Å²) in [4.78, 5) is 2.47. The maximum Gasteiger partial charge on any atom is 0.0992 e. The zero-order chi connectivity index (χ0) is 13.3. The van der Waals surface area contributed by atoms with Crippen LogP contribution >= 0.6 is 27.3 Å². The predicted octanol–water partition coefficient (Wildman–Crippen LogP) is 3.19. The lowest BCUT2D eigenvalue weighted by Crippen LogP contribution is -2.55. The summed E-state index contributed by atoms with van der Waals surface area (Å²) in [5, 5.41) is 15.1. The van der Waals surface area contributed by atoms with Crippen LogP contribution in [-0.2, 0) is 4.74 Å². The van der Waals surface area contributed by atoms with Crippen molar-refractivity contribution in [2.45, 2.75) is 37.3 Å². The highest BCUT2D eigenvalue weighted by molar-refractivity contribution is 9.10. The Morgan fingerprint density at radius 2 is 1.95 bits per heavy atom. The number of aliphatic hydroxyl groups is 1. The molecule has 1 aromatic rings. The summed E-state index contributed by atoms with van der Waals surface area (Å²) in [5.74, 6) is 0. The largest absolute Gasteiger partial charge is 0.386 e. The Bertz CT molecular complexity index is 425. The summed E-state index contributed by atoms with van der Waals surface area (Å²) in [6.45, 7) is 3.47. The van der Waals surface area contributed by atoms with Gasteiger partial charge >= 0.3 is 0 Å². The molecule has 1 atom stereocenters. The van der Waals surface area contributed by atoms with Crippen molar-refractivity contribution in [3.8, 4) is 0 Å². The van der Waals surface area contributed by atoms with Gasteiger partial charge in [-0.05, 0) is 34.2 Å². The summed E-state index contributed by atoms with van der Waals surface area (Å²) < 4.78 is 6.51. The first-order valence-electron chi connectivity index (χ1n) is 6.96. The molecule has 1 unspecified atom stereocenters. The summed E-state index contributed by atoms with van der Waals surface area (Å²) in [6.07, 6.45) is 4.23. The Morgan fingerprint density at radius 1 is 1.26 bits per heavy atom. The standard InChI is InChI=1S/C14H20BrNO2S/c15-12-10-19-9-11(12)13(17)14(3-1-2-4-14)16-5-7-18-8-6-16/h9-10,13,17H,1-8H2. The van der Waals surface area contributed by atoms with E-state index in [-0.39, 0.29) is 5.54 Å². The third kappa shape index (κ3) is 2.51. The van der Waals surface area contributed by atoms with Gasteiger partial charge in [0.2, 0.25) is 0 Å². The highest BCUT2D eigenvalue weighted by Crippen LogP contribution is 2.46. The van der Waals surface area contributed by atoms with Crippen molar-refractivity contribution in [3.05, 3.63) is 20.8 Å². The molecule has 0 aromatic carbocycles. The van der Waals surface area contributed by atoms with E-state index in [2.05, 4.69) is 31.6 Å². The van der Waals surface area contributed by atoms with Crippen LogP contribution in [0.4, 0.5) is 0 Å². The van der Waals surface area contributed by atoms with Gasteiger partial charge < -0.3 is 9.84 Å². The molecular formula is C14H20BrNO2S. The third-order valence-electron chi connectivity index (χ3n) is 4.56. The van der Waals surface area contributed by atoms with E-state index < -0.39 is 6.10 Å². The van der Waals surface area contributed by atoms with Crippen LogP contribution in [0.2, 0.25) is 0 Å². The second-order valence-corrected chi connectivity index (χ2v) is 7.09. The van der Waals surface area contributed by atoms with Gasteiger partial charge in [-0.25, -0.2) is 0 Å². The van der Waals surface area contributed by atoms with Crippen molar-refractivity contribution < 1.29 is 9.84 Å². The quantitative estimate of drug-likeness (QED) is 0.912. The number of halogens is 1. The highest BCUT2D eigenvalue weighted by Gasteiger charge is 2.46. The molecule has 1 aromatic heterocycles. The maximum atomic E-state index is 11.0. The van der Waals surface area contributed by atoms with Crippen molar-refractivity contribution >= 4 is 27.3 Å². The third-order valence-corrected chi connectivity index (χ3v) is 6.31. The molecule has 2 heterocycles. The van der Waals surface area contributed by atoms with Crippen LogP contribution in [-0.4, -0.2) is 41.8 Å². The first kappa shape index (κ1) is 14.0. The molecule has 1 aliphatic heterocycles. The van der Waals surface area contributed by atoms with Crippen LogP contribution in [0.1, 0.15) is 37.4 Å². The van der Waals surface area contributed by atoms with Gasteiger partial charge in [-0.3, -0.25) is 4.90 Å². The fourth-order valence-electron chi connectivity index (χ4n) is 3.53. The topological polar surface area (TPSA) is 32.7 Å². The van der Waals surface area contributed by atoms with Gasteiger partial charge in [0.25, 0.3) is 0 Å². The van der Waals surface area contributed by atoms with Gasteiger partial charge in [0.05, 0.1) is 24.9 Å². The molecule has 1 saturated heterocycles. The Balaban J connectivity index is 1.89. The Labute approximate surface area is 126 Å². The summed E-state index contributed by atoms with van der Waals surface area (Å²) >= 11 is 5.22. The zero-order valence-corrected chi connectivity index (χ0v) is 13.4. The average Bonchev–Trinajstić information content (AvgIpc) is 3.08. The number of thiophene rings is 1. The molecule has 3 rings (SSSR count). The summed E-state index contributed by atoms with van der Waals surface area (Å²) in [6, 6.07) is 0. The van der Waals surface area contributed by atoms with Crippen molar-refractivity contribution in [1.82, 2.24) is 4.90 Å². The molecule has 106 valence electrons. The van der Waals surface area contributed by atoms with Crippen LogP contribution in [0.3, 0.4) is 0 Å². The number of hydrogen-bond donors (Lipinski definition) is 1. The van der Waals surface area contributed by atoms with Crippen LogP contribution in [0.5, 0.6) is 0 Å². The summed E-state index contributed by atoms with van der Waals surface area (Å²) in [5.41, 5.74) is 0.978. The number of aliphatic hydroxyl groups excluding tert-OH is 1. The summed E-state index contributed by atoms with van der Waals surface area (Å²) in [7, 11) is 0. The number of morpholine rings is 1. The van der Waals surface area contributed by atoms with Crippen LogP contribution in [0.15, 0.2) is 15.2 Å². The van der Waals surface area contributed by atoms with Crippen molar-refractivity contribution in [2.75, 3.05) is 26.3 Å². The van der Waals surface area contributed by atoms with E-state index in [1.165, 1.54) is 12.8 Å². The molecular weight excluding hydrogens is 326 g/mol. The molecule has 0 amide bonds. The fraction of sp³-hybridized carbons (Fsp3) is 0.714. The van der Waals surface area contributed by atoms with Crippen LogP contribution < -0.4 is 0 Å². The minimum Gasteiger partial charge on any atom is -0.386 e. The van der Waals surface area contributed by atoms with Crippen molar-refractivity contribution in [3.63, 3.8) is 0 Å². The van der Waals surface area contributed by atoms with Crippen molar-refractivity contribution in [1.29, 1.82) is 0 Å². The molecule has 2 fully saturated rings. The van der Waals surface area contributed by atoms with E-state index in [4.69, 9.17) is 4.74 Å². The van der Waals surface area contributed by atoms with Gasteiger partial charge in [0, 0.05) is 28.5 Å².